The van der Waals surface area contributed by atoms with Gasteiger partial charge >= 0.3 is 0 Å². The number of benzene rings is 2. The van der Waals surface area contributed by atoms with Crippen LogP contribution in [0.4, 0.5) is 0 Å². The number of ether oxygens (including phenoxy) is 1. The Balaban J connectivity index is 1.47. The van der Waals surface area contributed by atoms with Crippen molar-refractivity contribution in [2.75, 3.05) is 6.61 Å². The van der Waals surface area contributed by atoms with Crippen molar-refractivity contribution < 1.29 is 9.53 Å². The average molecular weight is 320 g/mol. The topological polar surface area (TPSA) is 54.1 Å². The highest BCUT2D eigenvalue weighted by molar-refractivity contribution is 5.85. The van der Waals surface area contributed by atoms with E-state index in [2.05, 4.69) is 28.5 Å². The van der Waals surface area contributed by atoms with Gasteiger partial charge in [-0.15, -0.1) is 0 Å². The maximum absolute atomic E-state index is 12.3. The Morgan fingerprint density at radius 1 is 1.12 bits per heavy atom. The van der Waals surface area contributed by atoms with Crippen molar-refractivity contribution in [1.29, 1.82) is 0 Å². The normalized spacial score (nSPS) is 16.6. The molecule has 0 fully saturated rings. The van der Waals surface area contributed by atoms with Gasteiger partial charge in [0.15, 0.2) is 6.61 Å². The van der Waals surface area contributed by atoms with Gasteiger partial charge in [-0.1, -0.05) is 36.4 Å². The molecule has 1 atom stereocenters. The third kappa shape index (κ3) is 2.87. The summed E-state index contributed by atoms with van der Waals surface area (Å²) in [5.74, 6) is 0.623. The van der Waals surface area contributed by atoms with Crippen molar-refractivity contribution in [3.63, 3.8) is 0 Å². The van der Waals surface area contributed by atoms with Gasteiger partial charge in [0.05, 0.1) is 6.04 Å². The van der Waals surface area contributed by atoms with Crippen molar-refractivity contribution in [2.45, 2.75) is 25.3 Å². The standard InChI is InChI=1S/C20H20N2O2/c23-19(13-24-14-7-2-1-3-8-14)21-18-12-6-10-16-15-9-4-5-11-17(15)22-20(16)18/h1-5,7-9,11,18,22H,6,10,12-13H2,(H,21,23)/t18-/m0/s1. The van der Waals surface area contributed by atoms with Crippen molar-refractivity contribution in [1.82, 2.24) is 10.3 Å². The minimum absolute atomic E-state index is 0.0352. The lowest BCUT2D eigenvalue weighted by Crippen LogP contribution is -2.34. The predicted molar refractivity (Wildman–Crippen MR) is 94.1 cm³/mol. The largest absolute Gasteiger partial charge is 0.484 e. The first-order valence-corrected chi connectivity index (χ1v) is 8.38. The Morgan fingerprint density at radius 2 is 1.92 bits per heavy atom. The highest BCUT2D eigenvalue weighted by Crippen LogP contribution is 2.34. The smallest absolute Gasteiger partial charge is 0.258 e. The summed E-state index contributed by atoms with van der Waals surface area (Å²) in [4.78, 5) is 15.7. The number of H-pyrrole nitrogens is 1. The van der Waals surface area contributed by atoms with Crippen LogP contribution in [-0.2, 0) is 11.2 Å². The number of aromatic amines is 1. The van der Waals surface area contributed by atoms with Crippen molar-refractivity contribution in [2.24, 2.45) is 0 Å². The zero-order valence-electron chi connectivity index (χ0n) is 13.4. The van der Waals surface area contributed by atoms with Gasteiger partial charge in [-0.2, -0.15) is 0 Å². The highest BCUT2D eigenvalue weighted by atomic mass is 16.5. The van der Waals surface area contributed by atoms with Gasteiger partial charge < -0.3 is 15.0 Å². The third-order valence-corrected chi connectivity index (χ3v) is 4.56. The van der Waals surface area contributed by atoms with Gasteiger partial charge in [0.25, 0.3) is 5.91 Å². The second-order valence-electron chi connectivity index (χ2n) is 6.18. The molecule has 3 aromatic rings. The van der Waals surface area contributed by atoms with Crippen LogP contribution < -0.4 is 10.1 Å². The summed E-state index contributed by atoms with van der Waals surface area (Å²) >= 11 is 0. The van der Waals surface area contributed by atoms with E-state index in [4.69, 9.17) is 4.74 Å². The first-order valence-electron chi connectivity index (χ1n) is 8.38. The van der Waals surface area contributed by atoms with Crippen molar-refractivity contribution in [3.8, 4) is 5.75 Å². The molecule has 1 aromatic heterocycles. The minimum atomic E-state index is -0.0876. The van der Waals surface area contributed by atoms with E-state index in [0.29, 0.717) is 5.75 Å². The van der Waals surface area contributed by atoms with E-state index in [1.54, 1.807) is 0 Å². The predicted octanol–water partition coefficient (Wildman–Crippen LogP) is 3.74. The quantitative estimate of drug-likeness (QED) is 0.769. The second-order valence-corrected chi connectivity index (χ2v) is 6.18. The molecule has 1 aliphatic rings. The van der Waals surface area contributed by atoms with Crippen LogP contribution >= 0.6 is 0 Å². The zero-order chi connectivity index (χ0) is 16.4. The van der Waals surface area contributed by atoms with Crippen LogP contribution in [0.15, 0.2) is 54.6 Å². The van der Waals surface area contributed by atoms with Crippen molar-refractivity contribution in [3.05, 3.63) is 65.9 Å². The summed E-state index contributed by atoms with van der Waals surface area (Å²) in [7, 11) is 0. The number of fused-ring (bicyclic) bond motifs is 3. The zero-order valence-corrected chi connectivity index (χ0v) is 13.4. The van der Waals surface area contributed by atoms with E-state index in [9.17, 15) is 4.79 Å². The van der Waals surface area contributed by atoms with E-state index < -0.39 is 0 Å². The minimum Gasteiger partial charge on any atom is -0.484 e. The first-order chi connectivity index (χ1) is 11.8. The molecule has 0 unspecified atom stereocenters. The third-order valence-electron chi connectivity index (χ3n) is 4.56. The molecule has 2 N–H and O–H groups in total. The fourth-order valence-electron chi connectivity index (χ4n) is 3.46. The Hall–Kier alpha value is -2.75. The number of amides is 1. The molecule has 0 saturated heterocycles. The molecule has 0 bridgehead atoms. The molecule has 0 radical (unpaired) electrons. The van der Waals surface area contributed by atoms with Crippen molar-refractivity contribution >= 4 is 16.8 Å². The molecule has 1 aliphatic carbocycles. The van der Waals surface area contributed by atoms with E-state index in [1.165, 1.54) is 10.9 Å². The number of carbonyl (C=O) groups is 1. The van der Waals surface area contributed by atoms with Crippen LogP contribution in [0.3, 0.4) is 0 Å². The Kier molecular flexibility index (Phi) is 3.95. The number of nitrogens with one attached hydrogen (secondary N) is 2. The van der Waals surface area contributed by atoms with Gasteiger partial charge in [0.1, 0.15) is 5.75 Å². The molecule has 0 saturated carbocycles. The van der Waals surface area contributed by atoms with Crippen LogP contribution in [0.25, 0.3) is 10.9 Å². The van der Waals surface area contributed by atoms with Gasteiger partial charge in [-0.05, 0) is 43.0 Å². The van der Waals surface area contributed by atoms with Crippen LogP contribution in [0.5, 0.6) is 5.75 Å². The lowest BCUT2D eigenvalue weighted by Gasteiger charge is -2.23. The molecule has 122 valence electrons. The van der Waals surface area contributed by atoms with Gasteiger partial charge in [-0.25, -0.2) is 0 Å². The van der Waals surface area contributed by atoms with E-state index in [-0.39, 0.29) is 18.6 Å². The molecular weight excluding hydrogens is 300 g/mol. The SMILES string of the molecule is O=C(COc1ccccc1)N[C@H]1CCCc2c1[nH]c1ccccc21. The van der Waals surface area contributed by atoms with Crippen LogP contribution in [0, 0.1) is 0 Å². The van der Waals surface area contributed by atoms with Crippen LogP contribution in [0.1, 0.15) is 30.1 Å². The fourth-order valence-corrected chi connectivity index (χ4v) is 3.46. The van der Waals surface area contributed by atoms with Crippen LogP contribution in [0.2, 0.25) is 0 Å². The molecule has 0 aliphatic heterocycles. The molecule has 4 heteroatoms. The molecule has 2 aromatic carbocycles. The summed E-state index contributed by atoms with van der Waals surface area (Å²) in [6.45, 7) is 0.0378. The molecule has 1 heterocycles. The molecule has 4 rings (SSSR count). The lowest BCUT2D eigenvalue weighted by atomic mass is 9.91. The Morgan fingerprint density at radius 3 is 2.79 bits per heavy atom. The second kappa shape index (κ2) is 6.40. The summed E-state index contributed by atoms with van der Waals surface area (Å²) in [5.41, 5.74) is 3.63. The van der Waals surface area contributed by atoms with E-state index in [0.717, 1.165) is 30.5 Å². The highest BCUT2D eigenvalue weighted by Gasteiger charge is 2.25. The summed E-state index contributed by atoms with van der Waals surface area (Å²) in [6, 6.07) is 17.8. The molecule has 1 amide bonds. The molecule has 24 heavy (non-hydrogen) atoms. The average Bonchev–Trinajstić information content (AvgIpc) is 3.01. The molecule has 0 spiro atoms. The van der Waals surface area contributed by atoms with E-state index in [1.807, 2.05) is 36.4 Å². The summed E-state index contributed by atoms with van der Waals surface area (Å²) in [6.07, 6.45) is 3.10. The number of para-hydroxylation sites is 2. The number of aromatic nitrogens is 1. The number of hydrogen-bond donors (Lipinski definition) is 2. The number of aryl methyl sites for hydroxylation is 1. The van der Waals surface area contributed by atoms with Gasteiger partial charge in [-0.3, -0.25) is 4.79 Å². The molecular formula is C20H20N2O2. The maximum Gasteiger partial charge on any atom is 0.258 e. The van der Waals surface area contributed by atoms with E-state index >= 15 is 0 Å². The fraction of sp³-hybridized carbons (Fsp3) is 0.250. The lowest BCUT2D eigenvalue weighted by molar-refractivity contribution is -0.124. The summed E-state index contributed by atoms with van der Waals surface area (Å²) < 4.78 is 5.53. The Labute approximate surface area is 140 Å². The molecule has 4 nitrogen and oxygen atoms in total. The van der Waals surface area contributed by atoms with Gasteiger partial charge in [0.2, 0.25) is 0 Å². The Bertz CT molecular complexity index is 854. The number of carbonyl (C=O) groups excluding carboxylic acids is 1. The monoisotopic (exact) mass is 320 g/mol. The summed E-state index contributed by atoms with van der Waals surface area (Å²) in [5, 5.41) is 4.38. The maximum atomic E-state index is 12.3. The van der Waals surface area contributed by atoms with Gasteiger partial charge in [0, 0.05) is 16.6 Å². The first kappa shape index (κ1) is 14.8. The number of rotatable bonds is 4. The number of hydrogen-bond acceptors (Lipinski definition) is 2. The van der Waals surface area contributed by atoms with Crippen LogP contribution in [-0.4, -0.2) is 17.5 Å².